The van der Waals surface area contributed by atoms with Gasteiger partial charge in [0.05, 0.1) is 0 Å². The van der Waals surface area contributed by atoms with Gasteiger partial charge >= 0.3 is 0 Å². The zero-order valence-electron chi connectivity index (χ0n) is 21.5. The maximum Gasteiger partial charge on any atom is 0.166 e. The zero-order chi connectivity index (χ0) is 25.5. The molecule has 0 unspecified atom stereocenters. The van der Waals surface area contributed by atoms with Gasteiger partial charge in [-0.1, -0.05) is 87.4 Å². The quantitative estimate of drug-likeness (QED) is 0.280. The minimum Gasteiger partial charge on any atom is -0.207 e. The van der Waals surface area contributed by atoms with Gasteiger partial charge in [0.1, 0.15) is 5.82 Å². The molecule has 0 bridgehead atoms. The van der Waals surface area contributed by atoms with Crippen LogP contribution in [0.25, 0.3) is 17.2 Å². The van der Waals surface area contributed by atoms with Crippen LogP contribution in [0.4, 0.5) is 13.2 Å². The van der Waals surface area contributed by atoms with Gasteiger partial charge in [0, 0.05) is 5.56 Å². The Labute approximate surface area is 214 Å². The number of benzene rings is 3. The van der Waals surface area contributed by atoms with E-state index in [4.69, 9.17) is 0 Å². The first kappa shape index (κ1) is 26.3. The van der Waals surface area contributed by atoms with Crippen LogP contribution in [0, 0.1) is 23.4 Å². The van der Waals surface area contributed by atoms with Crippen molar-refractivity contribution in [3.8, 4) is 11.1 Å². The Hall–Kier alpha value is -2.81. The third-order valence-corrected chi connectivity index (χ3v) is 7.57. The predicted molar refractivity (Wildman–Crippen MR) is 145 cm³/mol. The molecule has 1 aliphatic carbocycles. The molecule has 0 aliphatic heterocycles. The summed E-state index contributed by atoms with van der Waals surface area (Å²) in [6.45, 7) is 4.23. The molecule has 4 rings (SSSR count). The summed E-state index contributed by atoms with van der Waals surface area (Å²) in [4.78, 5) is 0. The van der Waals surface area contributed by atoms with Crippen LogP contribution in [0.15, 0.2) is 60.7 Å². The van der Waals surface area contributed by atoms with E-state index in [2.05, 4.69) is 19.9 Å². The monoisotopic (exact) mass is 490 g/mol. The minimum absolute atomic E-state index is 0.0282. The Kier molecular flexibility index (Phi) is 9.07. The molecule has 0 N–H and O–H groups in total. The van der Waals surface area contributed by atoms with Crippen molar-refractivity contribution in [3.63, 3.8) is 0 Å². The first-order valence-electron chi connectivity index (χ1n) is 13.5. The molecule has 1 aliphatic rings. The van der Waals surface area contributed by atoms with E-state index in [0.717, 1.165) is 68.9 Å². The molecule has 190 valence electrons. The highest BCUT2D eigenvalue weighted by molar-refractivity contribution is 5.65. The number of unbranched alkanes of at least 4 members (excludes halogenated alkanes) is 1. The average Bonchev–Trinajstić information content (AvgIpc) is 2.90. The first-order valence-corrected chi connectivity index (χ1v) is 13.5. The number of rotatable bonds is 9. The van der Waals surface area contributed by atoms with Crippen LogP contribution >= 0.6 is 0 Å². The lowest BCUT2D eigenvalue weighted by atomic mass is 9.78. The van der Waals surface area contributed by atoms with Gasteiger partial charge in [-0.2, -0.15) is 0 Å². The van der Waals surface area contributed by atoms with Crippen molar-refractivity contribution >= 4 is 6.08 Å². The zero-order valence-corrected chi connectivity index (χ0v) is 21.5. The molecule has 0 spiro atoms. The molecular formula is C33H37F3. The summed E-state index contributed by atoms with van der Waals surface area (Å²) >= 11 is 0. The molecule has 1 saturated carbocycles. The van der Waals surface area contributed by atoms with Gasteiger partial charge in [-0.3, -0.25) is 0 Å². The number of halogens is 3. The van der Waals surface area contributed by atoms with E-state index in [0.29, 0.717) is 22.6 Å². The minimum atomic E-state index is -0.748. The van der Waals surface area contributed by atoms with E-state index in [1.807, 2.05) is 42.5 Å². The van der Waals surface area contributed by atoms with Crippen molar-refractivity contribution in [1.29, 1.82) is 0 Å². The summed E-state index contributed by atoms with van der Waals surface area (Å²) < 4.78 is 44.5. The van der Waals surface area contributed by atoms with Crippen LogP contribution in [0.3, 0.4) is 0 Å². The van der Waals surface area contributed by atoms with E-state index in [1.54, 1.807) is 18.2 Å². The predicted octanol–water partition coefficient (Wildman–Crippen LogP) is 10.1. The maximum absolute atomic E-state index is 15.1. The van der Waals surface area contributed by atoms with Gasteiger partial charge in [0.25, 0.3) is 0 Å². The van der Waals surface area contributed by atoms with E-state index < -0.39 is 11.6 Å². The van der Waals surface area contributed by atoms with E-state index in [1.165, 1.54) is 5.56 Å². The maximum atomic E-state index is 15.1. The summed E-state index contributed by atoms with van der Waals surface area (Å²) in [5.41, 5.74) is 4.39. The molecular weight excluding hydrogens is 453 g/mol. The molecule has 3 aromatic carbocycles. The van der Waals surface area contributed by atoms with Crippen molar-refractivity contribution in [2.24, 2.45) is 5.92 Å². The van der Waals surface area contributed by atoms with Gasteiger partial charge in [0.2, 0.25) is 0 Å². The molecule has 0 saturated heterocycles. The molecule has 1 fully saturated rings. The highest BCUT2D eigenvalue weighted by atomic mass is 19.2. The second kappa shape index (κ2) is 12.4. The van der Waals surface area contributed by atoms with E-state index in [9.17, 15) is 4.39 Å². The fraction of sp³-hybridized carbons (Fsp3) is 0.394. The van der Waals surface area contributed by atoms with Crippen LogP contribution in [0.2, 0.25) is 0 Å². The molecule has 3 aromatic rings. The van der Waals surface area contributed by atoms with Crippen molar-refractivity contribution in [3.05, 3.63) is 100 Å². The van der Waals surface area contributed by atoms with Gasteiger partial charge in [0.15, 0.2) is 11.6 Å². The van der Waals surface area contributed by atoms with Crippen molar-refractivity contribution in [2.45, 2.75) is 77.6 Å². The lowest BCUT2D eigenvalue weighted by molar-refractivity contribution is 0.365. The van der Waals surface area contributed by atoms with E-state index >= 15 is 8.78 Å². The number of hydrogen-bond donors (Lipinski definition) is 0. The highest BCUT2D eigenvalue weighted by Gasteiger charge is 2.25. The highest BCUT2D eigenvalue weighted by Crippen LogP contribution is 2.39. The smallest absolute Gasteiger partial charge is 0.166 e. The number of hydrogen-bond acceptors (Lipinski definition) is 0. The van der Waals surface area contributed by atoms with Crippen molar-refractivity contribution in [1.82, 2.24) is 0 Å². The average molecular weight is 491 g/mol. The summed E-state index contributed by atoms with van der Waals surface area (Å²) in [7, 11) is 0. The topological polar surface area (TPSA) is 0 Å². The Bertz CT molecular complexity index is 1170. The van der Waals surface area contributed by atoms with Gasteiger partial charge in [-0.15, -0.1) is 0 Å². The lowest BCUT2D eigenvalue weighted by Gasteiger charge is -2.27. The SMILES string of the molecule is CCCCc1ccc(/C=C/C2CCC(c3ccc(-c4ccc(CCC)cc4)c(F)c3F)CC2)cc1F. The Morgan fingerprint density at radius 3 is 2.19 bits per heavy atom. The van der Waals surface area contributed by atoms with Crippen molar-refractivity contribution in [2.75, 3.05) is 0 Å². The first-order chi connectivity index (χ1) is 17.5. The van der Waals surface area contributed by atoms with Crippen LogP contribution in [-0.2, 0) is 12.8 Å². The summed E-state index contributed by atoms with van der Waals surface area (Å²) in [6, 6.07) is 16.7. The van der Waals surface area contributed by atoms with Gasteiger partial charge < -0.3 is 0 Å². The normalized spacial score (nSPS) is 18.1. The molecule has 0 atom stereocenters. The largest absolute Gasteiger partial charge is 0.207 e. The summed E-state index contributed by atoms with van der Waals surface area (Å²) in [5.74, 6) is -1.18. The molecule has 0 amide bonds. The number of allylic oxidation sites excluding steroid dienone is 1. The van der Waals surface area contributed by atoms with Gasteiger partial charge in [-0.05, 0) is 90.7 Å². The number of aryl methyl sites for hydroxylation is 2. The fourth-order valence-corrected chi connectivity index (χ4v) is 5.35. The third kappa shape index (κ3) is 6.30. The van der Waals surface area contributed by atoms with Gasteiger partial charge in [-0.25, -0.2) is 13.2 Å². The third-order valence-electron chi connectivity index (χ3n) is 7.57. The molecule has 36 heavy (non-hydrogen) atoms. The van der Waals surface area contributed by atoms with Crippen LogP contribution in [0.1, 0.15) is 87.0 Å². The molecule has 0 aromatic heterocycles. The van der Waals surface area contributed by atoms with Crippen LogP contribution in [0.5, 0.6) is 0 Å². The Morgan fingerprint density at radius 1 is 0.778 bits per heavy atom. The molecule has 0 nitrogen and oxygen atoms in total. The summed E-state index contributed by atoms with van der Waals surface area (Å²) in [6.07, 6.45) is 12.5. The standard InChI is InChI=1S/C33H37F3/c1-3-5-7-28-19-14-25(22-31(28)34)9-8-24-12-17-27(18-13-24)30-21-20-29(32(35)33(30)36)26-15-10-23(6-4-2)11-16-26/h8-11,14-16,19-22,24,27H,3-7,12-13,17-18H2,1-2H3/b9-8+. The van der Waals surface area contributed by atoms with E-state index in [-0.39, 0.29) is 11.7 Å². The van der Waals surface area contributed by atoms with Crippen LogP contribution in [-0.4, -0.2) is 0 Å². The molecule has 0 heterocycles. The lowest BCUT2D eigenvalue weighted by Crippen LogP contribution is -2.13. The molecule has 0 radical (unpaired) electrons. The second-order valence-electron chi connectivity index (χ2n) is 10.2. The Balaban J connectivity index is 1.38. The summed E-state index contributed by atoms with van der Waals surface area (Å²) in [5, 5.41) is 0. The van der Waals surface area contributed by atoms with Crippen LogP contribution < -0.4 is 0 Å². The molecule has 3 heteroatoms. The Morgan fingerprint density at radius 2 is 1.53 bits per heavy atom. The van der Waals surface area contributed by atoms with Crippen molar-refractivity contribution < 1.29 is 13.2 Å². The fourth-order valence-electron chi connectivity index (χ4n) is 5.35. The second-order valence-corrected chi connectivity index (χ2v) is 10.2.